The Balaban J connectivity index is 0.000000424. The molecule has 2 heteroatoms. The molecule has 13 heavy (non-hydrogen) atoms. The van der Waals surface area contributed by atoms with E-state index in [9.17, 15) is 0 Å². The Kier molecular flexibility index (Phi) is 6.98. The van der Waals surface area contributed by atoms with Gasteiger partial charge in [-0.05, 0) is 19.9 Å². The van der Waals surface area contributed by atoms with Crippen molar-refractivity contribution in [3.05, 3.63) is 24.4 Å². The van der Waals surface area contributed by atoms with E-state index in [2.05, 4.69) is 18.8 Å². The Morgan fingerprint density at radius 1 is 1.31 bits per heavy atom. The van der Waals surface area contributed by atoms with E-state index in [1.165, 1.54) is 6.42 Å². The second-order valence-corrected chi connectivity index (χ2v) is 3.04. The molecule has 74 valence electrons. The number of ether oxygens (including phenoxy) is 1. The molecule has 0 unspecified atom stereocenters. The van der Waals surface area contributed by atoms with Gasteiger partial charge in [0.15, 0.2) is 0 Å². The summed E-state index contributed by atoms with van der Waals surface area (Å²) in [5, 5.41) is 0. The van der Waals surface area contributed by atoms with Crippen LogP contribution in [0.1, 0.15) is 34.1 Å². The molecule has 0 saturated heterocycles. The first-order valence-corrected chi connectivity index (χ1v) is 4.78. The molecule has 0 aliphatic carbocycles. The first-order chi connectivity index (χ1) is 6.20. The van der Waals surface area contributed by atoms with Crippen LogP contribution in [-0.4, -0.2) is 11.1 Å². The number of hydrogen-bond donors (Lipinski definition) is 0. The number of hydrogen-bond acceptors (Lipinski definition) is 2. The van der Waals surface area contributed by atoms with Gasteiger partial charge in [-0.2, -0.15) is 0 Å². The van der Waals surface area contributed by atoms with Gasteiger partial charge >= 0.3 is 0 Å². The van der Waals surface area contributed by atoms with Crippen molar-refractivity contribution in [3.63, 3.8) is 0 Å². The number of rotatable bonds is 2. The van der Waals surface area contributed by atoms with Gasteiger partial charge in [0.05, 0.1) is 6.10 Å². The van der Waals surface area contributed by atoms with Crippen LogP contribution in [0.5, 0.6) is 5.88 Å². The van der Waals surface area contributed by atoms with E-state index in [0.717, 1.165) is 0 Å². The Bertz CT molecular complexity index is 197. The molecule has 0 aromatic carbocycles. The summed E-state index contributed by atoms with van der Waals surface area (Å²) >= 11 is 0. The van der Waals surface area contributed by atoms with Gasteiger partial charge in [0.25, 0.3) is 0 Å². The van der Waals surface area contributed by atoms with Crippen LogP contribution in [0.3, 0.4) is 0 Å². The predicted octanol–water partition coefficient (Wildman–Crippen LogP) is 3.29. The van der Waals surface area contributed by atoms with E-state index in [0.29, 0.717) is 5.88 Å². The third kappa shape index (κ3) is 7.32. The fourth-order valence-electron chi connectivity index (χ4n) is 0.658. The molecule has 1 aromatic heterocycles. The molecule has 1 rings (SSSR count). The minimum absolute atomic E-state index is 0.204. The van der Waals surface area contributed by atoms with E-state index >= 15 is 0 Å². The van der Waals surface area contributed by atoms with Gasteiger partial charge < -0.3 is 4.74 Å². The highest BCUT2D eigenvalue weighted by Crippen LogP contribution is 2.04. The van der Waals surface area contributed by atoms with Crippen molar-refractivity contribution in [1.29, 1.82) is 0 Å². The topological polar surface area (TPSA) is 22.1 Å². The first-order valence-electron chi connectivity index (χ1n) is 4.78. The van der Waals surface area contributed by atoms with Gasteiger partial charge in [0.1, 0.15) is 0 Å². The average molecular weight is 181 g/mol. The average Bonchev–Trinajstić information content (AvgIpc) is 2.06. The van der Waals surface area contributed by atoms with E-state index in [4.69, 9.17) is 4.74 Å². The van der Waals surface area contributed by atoms with Crippen molar-refractivity contribution in [2.45, 2.75) is 40.2 Å². The second kappa shape index (κ2) is 7.59. The van der Waals surface area contributed by atoms with Crippen LogP contribution in [0.4, 0.5) is 0 Å². The van der Waals surface area contributed by atoms with Crippen molar-refractivity contribution in [2.75, 3.05) is 0 Å². The monoisotopic (exact) mass is 181 g/mol. The Morgan fingerprint density at radius 2 is 1.92 bits per heavy atom. The van der Waals surface area contributed by atoms with Crippen LogP contribution in [0.15, 0.2) is 24.4 Å². The predicted molar refractivity (Wildman–Crippen MR) is 56.0 cm³/mol. The van der Waals surface area contributed by atoms with Crippen molar-refractivity contribution in [1.82, 2.24) is 4.98 Å². The zero-order valence-electron chi connectivity index (χ0n) is 8.95. The SMILES string of the molecule is CC(C)Oc1ccccn1.CCC. The molecule has 0 amide bonds. The summed E-state index contributed by atoms with van der Waals surface area (Å²) in [6.07, 6.45) is 3.17. The van der Waals surface area contributed by atoms with Crippen molar-refractivity contribution in [3.8, 4) is 5.88 Å². The number of aromatic nitrogens is 1. The standard InChI is InChI=1S/C8H11NO.C3H8/c1-7(2)10-8-5-3-4-6-9-8;1-3-2/h3-7H,1-2H3;3H2,1-2H3. The van der Waals surface area contributed by atoms with Crippen LogP contribution in [0.2, 0.25) is 0 Å². The quantitative estimate of drug-likeness (QED) is 0.698. The summed E-state index contributed by atoms with van der Waals surface area (Å²) in [4.78, 5) is 4.00. The Labute approximate surface area is 81.0 Å². The largest absolute Gasteiger partial charge is 0.475 e. The summed E-state index contributed by atoms with van der Waals surface area (Å²) in [5.41, 5.74) is 0. The molecule has 1 aromatic rings. The number of pyridine rings is 1. The lowest BCUT2D eigenvalue weighted by atomic mass is 10.4. The van der Waals surface area contributed by atoms with Gasteiger partial charge in [-0.15, -0.1) is 0 Å². The molecule has 0 aliphatic rings. The maximum atomic E-state index is 5.30. The van der Waals surface area contributed by atoms with Gasteiger partial charge in [-0.3, -0.25) is 0 Å². The molecule has 0 bridgehead atoms. The normalized spacial score (nSPS) is 9.00. The van der Waals surface area contributed by atoms with Gasteiger partial charge in [0, 0.05) is 12.3 Å². The third-order valence-corrected chi connectivity index (χ3v) is 0.994. The molecule has 0 spiro atoms. The number of nitrogens with zero attached hydrogens (tertiary/aromatic N) is 1. The minimum Gasteiger partial charge on any atom is -0.475 e. The van der Waals surface area contributed by atoms with E-state index in [1.54, 1.807) is 6.20 Å². The molecule has 2 nitrogen and oxygen atoms in total. The highest BCUT2D eigenvalue weighted by Gasteiger charge is 1.94. The molecule has 1 heterocycles. The van der Waals surface area contributed by atoms with Gasteiger partial charge in [0.2, 0.25) is 5.88 Å². The van der Waals surface area contributed by atoms with Gasteiger partial charge in [-0.1, -0.05) is 26.3 Å². The molecule has 0 radical (unpaired) electrons. The first kappa shape index (κ1) is 11.9. The van der Waals surface area contributed by atoms with E-state index in [-0.39, 0.29) is 6.10 Å². The van der Waals surface area contributed by atoms with Crippen LogP contribution in [0, 0.1) is 0 Å². The molecular formula is C11H19NO. The van der Waals surface area contributed by atoms with Crippen LogP contribution < -0.4 is 4.74 Å². The van der Waals surface area contributed by atoms with E-state index in [1.807, 2.05) is 32.0 Å². The minimum atomic E-state index is 0.204. The summed E-state index contributed by atoms with van der Waals surface area (Å²) in [5.74, 6) is 0.692. The summed E-state index contributed by atoms with van der Waals surface area (Å²) in [7, 11) is 0. The highest BCUT2D eigenvalue weighted by molar-refractivity contribution is 5.09. The van der Waals surface area contributed by atoms with Crippen LogP contribution in [0.25, 0.3) is 0 Å². The fourth-order valence-corrected chi connectivity index (χ4v) is 0.658. The molecule has 0 atom stereocenters. The van der Waals surface area contributed by atoms with Crippen LogP contribution in [-0.2, 0) is 0 Å². The lowest BCUT2D eigenvalue weighted by Gasteiger charge is -2.06. The summed E-state index contributed by atoms with van der Waals surface area (Å²) in [6.45, 7) is 8.21. The van der Waals surface area contributed by atoms with Gasteiger partial charge in [-0.25, -0.2) is 4.98 Å². The summed E-state index contributed by atoms with van der Waals surface area (Å²) in [6, 6.07) is 5.62. The molecule has 0 saturated carbocycles. The zero-order valence-corrected chi connectivity index (χ0v) is 8.95. The fraction of sp³-hybridized carbons (Fsp3) is 0.545. The van der Waals surface area contributed by atoms with Crippen molar-refractivity contribution in [2.24, 2.45) is 0 Å². The highest BCUT2D eigenvalue weighted by atomic mass is 16.5. The molecular weight excluding hydrogens is 162 g/mol. The third-order valence-electron chi connectivity index (χ3n) is 0.994. The van der Waals surface area contributed by atoms with Crippen molar-refractivity contribution < 1.29 is 4.74 Å². The molecule has 0 fully saturated rings. The molecule has 0 N–H and O–H groups in total. The Hall–Kier alpha value is -1.05. The van der Waals surface area contributed by atoms with E-state index < -0.39 is 0 Å². The van der Waals surface area contributed by atoms with Crippen molar-refractivity contribution >= 4 is 0 Å². The zero-order chi connectivity index (χ0) is 10.1. The maximum Gasteiger partial charge on any atom is 0.213 e. The maximum absolute atomic E-state index is 5.30. The lowest BCUT2D eigenvalue weighted by molar-refractivity contribution is 0.232. The lowest BCUT2D eigenvalue weighted by Crippen LogP contribution is -2.06. The molecule has 0 aliphatic heterocycles. The smallest absolute Gasteiger partial charge is 0.213 e. The summed E-state index contributed by atoms with van der Waals surface area (Å²) < 4.78 is 5.30. The second-order valence-electron chi connectivity index (χ2n) is 3.04. The Morgan fingerprint density at radius 3 is 2.31 bits per heavy atom. The van der Waals surface area contributed by atoms with Crippen LogP contribution >= 0.6 is 0 Å².